The van der Waals surface area contributed by atoms with Gasteiger partial charge in [-0.25, -0.2) is 4.79 Å². The zero-order valence-electron chi connectivity index (χ0n) is 10.8. The summed E-state index contributed by atoms with van der Waals surface area (Å²) in [5.41, 5.74) is 0.555. The van der Waals surface area contributed by atoms with Crippen molar-refractivity contribution in [3.63, 3.8) is 0 Å². The Balaban J connectivity index is 0.000000309. The third kappa shape index (κ3) is 3.60. The predicted octanol–water partition coefficient (Wildman–Crippen LogP) is 4.73. The van der Waals surface area contributed by atoms with Gasteiger partial charge in [-0.1, -0.05) is 18.2 Å². The van der Waals surface area contributed by atoms with Gasteiger partial charge in [-0.05, 0) is 12.1 Å². The van der Waals surface area contributed by atoms with Crippen molar-refractivity contribution in [3.05, 3.63) is 57.9 Å². The summed E-state index contributed by atoms with van der Waals surface area (Å²) in [5, 5.41) is 10.8. The number of fused-ring (bicyclic) bond motifs is 3. The molecule has 0 spiro atoms. The topological polar surface area (TPSA) is 58.4 Å². The highest BCUT2D eigenvalue weighted by Gasteiger charge is 2.20. The molecular weight excluding hydrogens is 303 g/mol. The molecule has 1 aromatic heterocycles. The third-order valence-electron chi connectivity index (χ3n) is 2.72. The molecule has 0 aliphatic rings. The van der Waals surface area contributed by atoms with Gasteiger partial charge < -0.3 is 21.7 Å². The van der Waals surface area contributed by atoms with Gasteiger partial charge in [0, 0.05) is 22.9 Å². The highest BCUT2D eigenvalue weighted by molar-refractivity contribution is 6.50. The van der Waals surface area contributed by atoms with E-state index in [1.807, 2.05) is 12.1 Å². The van der Waals surface area contributed by atoms with Crippen molar-refractivity contribution >= 4 is 34.7 Å². The van der Waals surface area contributed by atoms with Crippen LogP contribution in [-0.4, -0.2) is 7.25 Å². The Morgan fingerprint density at radius 3 is 2.14 bits per heavy atom. The van der Waals surface area contributed by atoms with Crippen LogP contribution in [0.4, 0.5) is 23.0 Å². The summed E-state index contributed by atoms with van der Waals surface area (Å²) in [5.74, 6) is 0. The molecule has 0 radical (unpaired) electrons. The van der Waals surface area contributed by atoms with Crippen LogP contribution >= 0.6 is 0 Å². The molecule has 1 heterocycles. The van der Waals surface area contributed by atoms with E-state index in [0.29, 0.717) is 16.7 Å². The molecule has 0 amide bonds. The Morgan fingerprint density at radius 1 is 0.955 bits per heavy atom. The van der Waals surface area contributed by atoms with Crippen molar-refractivity contribution in [2.45, 2.75) is 0 Å². The maximum atomic E-state index is 11.7. The van der Waals surface area contributed by atoms with Crippen LogP contribution in [0, 0.1) is 5.39 Å². The molecule has 0 saturated carbocycles. The van der Waals surface area contributed by atoms with Crippen molar-refractivity contribution in [3.8, 4) is 0 Å². The van der Waals surface area contributed by atoms with Crippen LogP contribution < -0.4 is 5.63 Å². The second-order valence-corrected chi connectivity index (χ2v) is 4.21. The molecule has 3 rings (SSSR count). The number of hydrogen-bond donors (Lipinski definition) is 0. The van der Waals surface area contributed by atoms with E-state index in [1.165, 1.54) is 0 Å². The molecule has 0 aliphatic heterocycles. The van der Waals surface area contributed by atoms with Crippen molar-refractivity contribution in [2.75, 3.05) is 0 Å². The standard InChI is InChI=1S/C13H7N2O2.BF4/c14-15-8-5-6-12-11(7-8)9-3-1-2-4-10(9)13(16)17-12;2-1(3,4)5/h1-7H;/q+1;-1. The minimum Gasteiger partial charge on any atom is -0.422 e. The highest BCUT2D eigenvalue weighted by Crippen LogP contribution is 2.26. The first-order valence-corrected chi connectivity index (χ1v) is 5.97. The van der Waals surface area contributed by atoms with Gasteiger partial charge in [0.2, 0.25) is 5.39 Å². The van der Waals surface area contributed by atoms with Crippen LogP contribution in [0.25, 0.3) is 26.7 Å². The molecule has 3 aromatic rings. The van der Waals surface area contributed by atoms with Crippen LogP contribution in [-0.2, 0) is 0 Å². The van der Waals surface area contributed by atoms with E-state index in [-0.39, 0.29) is 5.63 Å². The second-order valence-electron chi connectivity index (χ2n) is 4.21. The lowest BCUT2D eigenvalue weighted by molar-refractivity contribution is 0.368. The fourth-order valence-corrected chi connectivity index (χ4v) is 1.93. The third-order valence-corrected chi connectivity index (χ3v) is 2.72. The highest BCUT2D eigenvalue weighted by atomic mass is 19.5. The monoisotopic (exact) mass is 310 g/mol. The summed E-state index contributed by atoms with van der Waals surface area (Å²) < 4.78 is 44.2. The average molecular weight is 310 g/mol. The van der Waals surface area contributed by atoms with Crippen molar-refractivity contribution in [2.24, 2.45) is 0 Å². The quantitative estimate of drug-likeness (QED) is 0.198. The van der Waals surface area contributed by atoms with Crippen molar-refractivity contribution in [1.29, 1.82) is 5.39 Å². The molecule has 0 fully saturated rings. The van der Waals surface area contributed by atoms with Gasteiger partial charge in [-0.2, -0.15) is 0 Å². The maximum Gasteiger partial charge on any atom is 0.673 e. The van der Waals surface area contributed by atoms with Gasteiger partial charge in [-0.15, -0.1) is 0 Å². The minimum absolute atomic E-state index is 0.359. The number of rotatable bonds is 0. The first-order chi connectivity index (χ1) is 10.3. The number of halogens is 4. The molecule has 0 atom stereocenters. The molecule has 4 nitrogen and oxygen atoms in total. The molecule has 0 unspecified atom stereocenters. The zero-order valence-corrected chi connectivity index (χ0v) is 10.8. The van der Waals surface area contributed by atoms with Gasteiger partial charge in [0.15, 0.2) is 4.98 Å². The Kier molecular flexibility index (Phi) is 4.12. The van der Waals surface area contributed by atoms with E-state index in [1.54, 1.807) is 30.3 Å². The van der Waals surface area contributed by atoms with E-state index >= 15 is 0 Å². The van der Waals surface area contributed by atoms with Crippen LogP contribution in [0.5, 0.6) is 0 Å². The predicted molar refractivity (Wildman–Crippen MR) is 74.9 cm³/mol. The van der Waals surface area contributed by atoms with Gasteiger partial charge in [0.25, 0.3) is 0 Å². The Labute approximate surface area is 120 Å². The Bertz CT molecular complexity index is 925. The molecule has 112 valence electrons. The average Bonchev–Trinajstić information content (AvgIpc) is 2.46. The summed E-state index contributed by atoms with van der Waals surface area (Å²) in [7, 11) is -6.00. The maximum absolute atomic E-state index is 11.7. The van der Waals surface area contributed by atoms with Crippen molar-refractivity contribution < 1.29 is 21.7 Å². The number of diazo groups is 1. The van der Waals surface area contributed by atoms with Crippen LogP contribution in [0.15, 0.2) is 51.7 Å². The second kappa shape index (κ2) is 5.85. The van der Waals surface area contributed by atoms with Gasteiger partial charge >= 0.3 is 18.6 Å². The molecular formula is C13H7BF4N2O2. The largest absolute Gasteiger partial charge is 0.673 e. The fraction of sp³-hybridized carbons (Fsp3) is 0. The molecule has 9 heteroatoms. The van der Waals surface area contributed by atoms with E-state index < -0.39 is 7.25 Å². The number of nitrogens with zero attached hydrogens (tertiary/aromatic N) is 2. The minimum atomic E-state index is -6.00. The number of benzene rings is 2. The van der Waals surface area contributed by atoms with E-state index in [9.17, 15) is 22.1 Å². The van der Waals surface area contributed by atoms with E-state index in [0.717, 1.165) is 10.8 Å². The van der Waals surface area contributed by atoms with Crippen LogP contribution in [0.3, 0.4) is 0 Å². The first kappa shape index (κ1) is 15.5. The Hall–Kier alpha value is -2.89. The molecule has 0 bridgehead atoms. The smallest absolute Gasteiger partial charge is 0.422 e. The van der Waals surface area contributed by atoms with Gasteiger partial charge in [0.1, 0.15) is 5.58 Å². The fourth-order valence-electron chi connectivity index (χ4n) is 1.93. The van der Waals surface area contributed by atoms with Gasteiger partial charge in [0.05, 0.1) is 5.39 Å². The summed E-state index contributed by atoms with van der Waals surface area (Å²) in [6.45, 7) is 0. The van der Waals surface area contributed by atoms with Gasteiger partial charge in [-0.3, -0.25) is 0 Å². The first-order valence-electron chi connectivity index (χ1n) is 5.97. The molecule has 0 N–H and O–H groups in total. The summed E-state index contributed by atoms with van der Waals surface area (Å²) >= 11 is 0. The Morgan fingerprint density at radius 2 is 1.55 bits per heavy atom. The molecule has 2 aromatic carbocycles. The molecule has 0 aliphatic carbocycles. The van der Waals surface area contributed by atoms with Crippen LogP contribution in [0.2, 0.25) is 0 Å². The zero-order chi connectivity index (χ0) is 16.3. The summed E-state index contributed by atoms with van der Waals surface area (Å²) in [4.78, 5) is 14.8. The normalized spacial score (nSPS) is 10.9. The lowest BCUT2D eigenvalue weighted by Crippen LogP contribution is -2.02. The summed E-state index contributed by atoms with van der Waals surface area (Å²) in [6.07, 6.45) is 0. The van der Waals surface area contributed by atoms with E-state index in [4.69, 9.17) is 9.81 Å². The lowest BCUT2D eigenvalue weighted by Gasteiger charge is -1.99. The molecule has 22 heavy (non-hydrogen) atoms. The number of hydrogen-bond acceptors (Lipinski definition) is 3. The SMILES string of the molecule is F[B-](F)(F)F.N#[N+]c1ccc2oc(=O)c3ccccc3c2c1. The summed E-state index contributed by atoms with van der Waals surface area (Å²) in [6, 6.07) is 12.1. The van der Waals surface area contributed by atoms with E-state index in [2.05, 4.69) is 4.98 Å². The molecule has 0 saturated heterocycles. The lowest BCUT2D eigenvalue weighted by atomic mass is 10.1. The van der Waals surface area contributed by atoms with Crippen LogP contribution in [0.1, 0.15) is 0 Å². The van der Waals surface area contributed by atoms with Crippen molar-refractivity contribution in [1.82, 2.24) is 0 Å².